The molecule has 0 amide bonds. The molecule has 0 atom stereocenters. The highest BCUT2D eigenvalue weighted by molar-refractivity contribution is 6.30. The molecule has 1 aromatic heterocycles. The summed E-state index contributed by atoms with van der Waals surface area (Å²) in [5.74, 6) is -0.0581. The van der Waals surface area contributed by atoms with Crippen LogP contribution in [0, 0.1) is 13.8 Å². The number of carboxylic acids is 1. The Bertz CT molecular complexity index is 1030. The van der Waals surface area contributed by atoms with Crippen molar-refractivity contribution in [2.45, 2.75) is 40.4 Å². The number of carbonyl (C=O) groups is 1. The average molecular weight is 427 g/mol. The lowest BCUT2D eigenvalue weighted by Crippen LogP contribution is -2.15. The van der Waals surface area contributed by atoms with Crippen LogP contribution in [-0.2, 0) is 19.6 Å². The maximum atomic E-state index is 12.0. The smallest absolute Gasteiger partial charge is 0.337 e. The zero-order valence-electron chi connectivity index (χ0n) is 17.5. The van der Waals surface area contributed by atoms with Crippen molar-refractivity contribution in [1.29, 1.82) is 0 Å². The molecule has 2 aromatic carbocycles. The van der Waals surface area contributed by atoms with Crippen molar-refractivity contribution in [3.63, 3.8) is 0 Å². The van der Waals surface area contributed by atoms with Crippen LogP contribution in [0.5, 0.6) is 5.75 Å². The number of hydrogen-bond acceptors (Lipinski definition) is 3. The van der Waals surface area contributed by atoms with Crippen LogP contribution in [0.2, 0.25) is 5.02 Å². The molecule has 2 N–H and O–H groups in total. The lowest BCUT2D eigenvalue weighted by molar-refractivity contribution is 0.0694. The van der Waals surface area contributed by atoms with E-state index in [0.717, 1.165) is 33.8 Å². The van der Waals surface area contributed by atoms with Gasteiger partial charge in [0.25, 0.3) is 0 Å². The van der Waals surface area contributed by atoms with E-state index in [4.69, 9.17) is 16.3 Å². The third-order valence-corrected chi connectivity index (χ3v) is 5.45. The van der Waals surface area contributed by atoms with Crippen molar-refractivity contribution in [3.05, 3.63) is 87.2 Å². The van der Waals surface area contributed by atoms with Gasteiger partial charge in [0.15, 0.2) is 0 Å². The molecule has 30 heavy (non-hydrogen) atoms. The number of aromatic carboxylic acids is 1. The second-order valence-electron chi connectivity index (χ2n) is 7.23. The Morgan fingerprint density at radius 1 is 1.07 bits per heavy atom. The van der Waals surface area contributed by atoms with Gasteiger partial charge < -0.3 is 19.7 Å². The molecular weight excluding hydrogens is 400 g/mol. The summed E-state index contributed by atoms with van der Waals surface area (Å²) >= 11 is 6.11. The van der Waals surface area contributed by atoms with Gasteiger partial charge in [0.05, 0.1) is 12.2 Å². The Balaban J connectivity index is 1.77. The maximum Gasteiger partial charge on any atom is 0.337 e. The highest BCUT2D eigenvalue weighted by Crippen LogP contribution is 2.25. The molecule has 6 heteroatoms. The van der Waals surface area contributed by atoms with E-state index in [1.54, 1.807) is 0 Å². The van der Waals surface area contributed by atoms with Gasteiger partial charge in [0.2, 0.25) is 0 Å². The number of nitrogens with zero attached hydrogens (tertiary/aromatic N) is 1. The standard InChI is InChI=1S/C24H27ClN2O3/c1-4-30-21-10-8-18(9-11-21)13-26-14-22-16(2)27(17(3)23(22)24(28)29)15-19-6-5-7-20(25)12-19/h5-12,26H,4,13-15H2,1-3H3,(H,28,29). The summed E-state index contributed by atoms with van der Waals surface area (Å²) in [6, 6.07) is 15.6. The zero-order chi connectivity index (χ0) is 21.7. The minimum atomic E-state index is -0.904. The molecule has 3 aromatic rings. The van der Waals surface area contributed by atoms with E-state index >= 15 is 0 Å². The summed E-state index contributed by atoms with van der Waals surface area (Å²) in [5, 5.41) is 13.9. The molecular formula is C24H27ClN2O3. The fraction of sp³-hybridized carbons (Fsp3) is 0.292. The van der Waals surface area contributed by atoms with E-state index in [-0.39, 0.29) is 0 Å². The summed E-state index contributed by atoms with van der Waals surface area (Å²) in [6.45, 7) is 8.12. The van der Waals surface area contributed by atoms with Crippen LogP contribution >= 0.6 is 11.6 Å². The summed E-state index contributed by atoms with van der Waals surface area (Å²) in [7, 11) is 0. The van der Waals surface area contributed by atoms with Crippen molar-refractivity contribution < 1.29 is 14.6 Å². The Kier molecular flexibility index (Phi) is 7.19. The van der Waals surface area contributed by atoms with Crippen molar-refractivity contribution in [2.75, 3.05) is 6.61 Å². The average Bonchev–Trinajstić information content (AvgIpc) is 2.94. The van der Waals surface area contributed by atoms with Gasteiger partial charge in [-0.05, 0) is 56.2 Å². The van der Waals surface area contributed by atoms with Gasteiger partial charge >= 0.3 is 5.97 Å². The number of ether oxygens (including phenoxy) is 1. The van der Waals surface area contributed by atoms with Crippen molar-refractivity contribution in [1.82, 2.24) is 9.88 Å². The van der Waals surface area contributed by atoms with Crippen LogP contribution in [0.15, 0.2) is 48.5 Å². The molecule has 0 radical (unpaired) electrons. The van der Waals surface area contributed by atoms with Crippen LogP contribution in [0.4, 0.5) is 0 Å². The molecule has 158 valence electrons. The van der Waals surface area contributed by atoms with Crippen LogP contribution in [0.25, 0.3) is 0 Å². The number of hydrogen-bond donors (Lipinski definition) is 2. The van der Waals surface area contributed by atoms with Crippen LogP contribution < -0.4 is 10.1 Å². The molecule has 5 nitrogen and oxygen atoms in total. The van der Waals surface area contributed by atoms with Gasteiger partial charge in [-0.25, -0.2) is 4.79 Å². The normalized spacial score (nSPS) is 10.9. The third-order valence-electron chi connectivity index (χ3n) is 5.22. The number of benzene rings is 2. The molecule has 0 spiro atoms. The monoisotopic (exact) mass is 426 g/mol. The van der Waals surface area contributed by atoms with E-state index in [1.807, 2.05) is 73.9 Å². The van der Waals surface area contributed by atoms with Gasteiger partial charge in [-0.15, -0.1) is 0 Å². The van der Waals surface area contributed by atoms with Crippen molar-refractivity contribution in [2.24, 2.45) is 0 Å². The van der Waals surface area contributed by atoms with E-state index in [0.29, 0.717) is 36.8 Å². The Morgan fingerprint density at radius 2 is 1.80 bits per heavy atom. The van der Waals surface area contributed by atoms with E-state index < -0.39 is 5.97 Å². The van der Waals surface area contributed by atoms with Crippen LogP contribution in [0.1, 0.15) is 45.4 Å². The highest BCUT2D eigenvalue weighted by Gasteiger charge is 2.22. The predicted octanol–water partition coefficient (Wildman–Crippen LogP) is 5.19. The molecule has 0 aliphatic carbocycles. The van der Waals surface area contributed by atoms with Gasteiger partial charge in [-0.1, -0.05) is 35.9 Å². The van der Waals surface area contributed by atoms with E-state index in [9.17, 15) is 9.90 Å². The molecule has 1 heterocycles. The van der Waals surface area contributed by atoms with Gasteiger partial charge in [0.1, 0.15) is 5.75 Å². The zero-order valence-corrected chi connectivity index (χ0v) is 18.3. The molecule has 0 aliphatic heterocycles. The molecule has 0 saturated heterocycles. The predicted molar refractivity (Wildman–Crippen MR) is 120 cm³/mol. The molecule has 0 aliphatic rings. The third kappa shape index (κ3) is 5.04. The first kappa shape index (κ1) is 21.9. The number of aromatic nitrogens is 1. The second-order valence-corrected chi connectivity index (χ2v) is 7.66. The second kappa shape index (κ2) is 9.83. The Morgan fingerprint density at radius 3 is 2.43 bits per heavy atom. The number of nitrogens with one attached hydrogen (secondary N) is 1. The number of rotatable bonds is 9. The largest absolute Gasteiger partial charge is 0.494 e. The fourth-order valence-electron chi connectivity index (χ4n) is 3.71. The molecule has 3 rings (SSSR count). The van der Waals surface area contributed by atoms with Crippen LogP contribution in [-0.4, -0.2) is 22.2 Å². The first-order valence-electron chi connectivity index (χ1n) is 9.99. The summed E-state index contributed by atoms with van der Waals surface area (Å²) in [5.41, 5.74) is 5.03. The molecule has 0 fully saturated rings. The molecule has 0 saturated carbocycles. The number of halogens is 1. The first-order valence-corrected chi connectivity index (χ1v) is 10.4. The van der Waals surface area contributed by atoms with Gasteiger partial charge in [0, 0.05) is 41.6 Å². The van der Waals surface area contributed by atoms with Crippen molar-refractivity contribution >= 4 is 17.6 Å². The van der Waals surface area contributed by atoms with E-state index in [1.165, 1.54) is 0 Å². The Hall–Kier alpha value is -2.76. The van der Waals surface area contributed by atoms with Crippen molar-refractivity contribution in [3.8, 4) is 5.75 Å². The lowest BCUT2D eigenvalue weighted by Gasteiger charge is -2.11. The van der Waals surface area contributed by atoms with E-state index in [2.05, 4.69) is 5.32 Å². The Labute approximate surface area is 182 Å². The molecule has 0 unspecified atom stereocenters. The highest BCUT2D eigenvalue weighted by atomic mass is 35.5. The summed E-state index contributed by atoms with van der Waals surface area (Å²) in [4.78, 5) is 12.0. The SMILES string of the molecule is CCOc1ccc(CNCc2c(C(=O)O)c(C)n(Cc3cccc(Cl)c3)c2C)cc1. The minimum Gasteiger partial charge on any atom is -0.494 e. The topological polar surface area (TPSA) is 63.5 Å². The van der Waals surface area contributed by atoms with Crippen LogP contribution in [0.3, 0.4) is 0 Å². The first-order chi connectivity index (χ1) is 14.4. The summed E-state index contributed by atoms with van der Waals surface area (Å²) < 4.78 is 7.51. The molecule has 0 bridgehead atoms. The maximum absolute atomic E-state index is 12.0. The quantitative estimate of drug-likeness (QED) is 0.494. The van der Waals surface area contributed by atoms with Gasteiger partial charge in [-0.3, -0.25) is 0 Å². The van der Waals surface area contributed by atoms with Gasteiger partial charge in [-0.2, -0.15) is 0 Å². The fourth-order valence-corrected chi connectivity index (χ4v) is 3.92. The lowest BCUT2D eigenvalue weighted by atomic mass is 10.1. The summed E-state index contributed by atoms with van der Waals surface area (Å²) in [6.07, 6.45) is 0. The minimum absolute atomic E-state index is 0.369. The number of carboxylic acid groups (broad SMARTS) is 1.